The van der Waals surface area contributed by atoms with Crippen LogP contribution in [0.15, 0.2) is 27.8 Å². The van der Waals surface area contributed by atoms with E-state index in [0.29, 0.717) is 11.8 Å². The second kappa shape index (κ2) is 6.81. The number of halogens is 1. The van der Waals surface area contributed by atoms with Crippen molar-refractivity contribution in [3.63, 3.8) is 0 Å². The molecule has 0 amide bonds. The summed E-state index contributed by atoms with van der Waals surface area (Å²) in [6.45, 7) is 4.49. The summed E-state index contributed by atoms with van der Waals surface area (Å²) in [6.07, 6.45) is 1.83. The molecular formula is C11H16BrNS2. The van der Waals surface area contributed by atoms with Crippen molar-refractivity contribution >= 4 is 40.3 Å². The molecule has 0 radical (unpaired) electrons. The molecule has 1 atom stereocenters. The number of thioether (sulfide) groups is 1. The van der Waals surface area contributed by atoms with Crippen molar-refractivity contribution in [1.29, 1.82) is 0 Å². The normalized spacial score (nSPS) is 13.1. The molecule has 4 heteroatoms. The Kier molecular flexibility index (Phi) is 6.09. The number of hydrogen-bond acceptors (Lipinski definition) is 3. The van der Waals surface area contributed by atoms with E-state index in [-0.39, 0.29) is 0 Å². The summed E-state index contributed by atoms with van der Waals surface area (Å²) in [5.41, 5.74) is 0. The van der Waals surface area contributed by atoms with Crippen LogP contribution in [0.5, 0.6) is 0 Å². The van der Waals surface area contributed by atoms with Crippen LogP contribution < -0.4 is 0 Å². The molecule has 0 saturated heterocycles. The van der Waals surface area contributed by atoms with E-state index < -0.39 is 0 Å². The molecule has 0 fully saturated rings. The molecule has 0 spiro atoms. The Morgan fingerprint density at radius 2 is 2.27 bits per heavy atom. The maximum absolute atomic E-state index is 4.38. The molecule has 15 heavy (non-hydrogen) atoms. The summed E-state index contributed by atoms with van der Waals surface area (Å²) in [6, 6.07) is 3.97. The smallest absolute Gasteiger partial charge is 0.110 e. The van der Waals surface area contributed by atoms with Gasteiger partial charge in [-0.3, -0.25) is 0 Å². The van der Waals surface area contributed by atoms with Gasteiger partial charge in [-0.2, -0.15) is 12.6 Å². The van der Waals surface area contributed by atoms with E-state index in [1.54, 1.807) is 11.8 Å². The molecule has 1 heterocycles. The van der Waals surface area contributed by atoms with Crippen LogP contribution in [0.1, 0.15) is 13.8 Å². The number of rotatable bonds is 5. The van der Waals surface area contributed by atoms with E-state index in [1.165, 1.54) is 0 Å². The first-order chi connectivity index (χ1) is 7.15. The first-order valence-electron chi connectivity index (χ1n) is 4.99. The minimum atomic E-state index is 0.646. The zero-order chi connectivity index (χ0) is 11.3. The van der Waals surface area contributed by atoms with E-state index >= 15 is 0 Å². The van der Waals surface area contributed by atoms with Crippen LogP contribution in [0, 0.1) is 11.8 Å². The van der Waals surface area contributed by atoms with Gasteiger partial charge in [-0.1, -0.05) is 13.8 Å². The zero-order valence-electron chi connectivity index (χ0n) is 8.98. The van der Waals surface area contributed by atoms with Gasteiger partial charge in [-0.15, -0.1) is 11.8 Å². The van der Waals surface area contributed by atoms with Gasteiger partial charge >= 0.3 is 0 Å². The Morgan fingerprint density at radius 3 is 2.80 bits per heavy atom. The number of pyridine rings is 1. The largest absolute Gasteiger partial charge is 0.249 e. The number of thiol groups is 1. The molecule has 84 valence electrons. The van der Waals surface area contributed by atoms with Crippen LogP contribution in [0.4, 0.5) is 0 Å². The fraction of sp³-hybridized carbons (Fsp3) is 0.545. The van der Waals surface area contributed by atoms with Gasteiger partial charge in [0.25, 0.3) is 0 Å². The van der Waals surface area contributed by atoms with Crippen LogP contribution >= 0.6 is 40.3 Å². The predicted octanol–water partition coefficient (Wildman–Crippen LogP) is 4.14. The maximum Gasteiger partial charge on any atom is 0.110 e. The highest BCUT2D eigenvalue weighted by Crippen LogP contribution is 2.28. The van der Waals surface area contributed by atoms with Gasteiger partial charge in [0.2, 0.25) is 0 Å². The second-order valence-electron chi connectivity index (χ2n) is 3.79. The Hall–Kier alpha value is 0.330. The predicted molar refractivity (Wildman–Crippen MR) is 74.8 cm³/mol. The highest BCUT2D eigenvalue weighted by atomic mass is 79.9. The van der Waals surface area contributed by atoms with Gasteiger partial charge in [0.15, 0.2) is 0 Å². The van der Waals surface area contributed by atoms with E-state index in [4.69, 9.17) is 0 Å². The molecule has 1 nitrogen and oxygen atoms in total. The molecule has 1 rings (SSSR count). The minimum absolute atomic E-state index is 0.646. The molecule has 0 aliphatic carbocycles. The molecule has 0 aliphatic rings. The molecule has 1 aromatic heterocycles. The van der Waals surface area contributed by atoms with Crippen LogP contribution in [-0.4, -0.2) is 16.5 Å². The number of nitrogens with zero attached hydrogens (tertiary/aromatic N) is 1. The Morgan fingerprint density at radius 1 is 1.53 bits per heavy atom. The average molecular weight is 306 g/mol. The number of hydrogen-bond donors (Lipinski definition) is 1. The van der Waals surface area contributed by atoms with Crippen molar-refractivity contribution in [3.05, 3.63) is 22.8 Å². The highest BCUT2D eigenvalue weighted by molar-refractivity contribution is 9.10. The van der Waals surface area contributed by atoms with Crippen molar-refractivity contribution in [2.24, 2.45) is 11.8 Å². The first kappa shape index (κ1) is 13.4. The summed E-state index contributed by atoms with van der Waals surface area (Å²) in [5, 5.41) is 1.07. The average Bonchev–Trinajstić information content (AvgIpc) is 2.21. The third-order valence-corrected chi connectivity index (χ3v) is 4.90. The summed E-state index contributed by atoms with van der Waals surface area (Å²) in [5.74, 6) is 3.34. The van der Waals surface area contributed by atoms with Gasteiger partial charge in [0.05, 0.1) is 0 Å². The Balaban J connectivity index is 2.53. The number of aromatic nitrogens is 1. The lowest BCUT2D eigenvalue weighted by Gasteiger charge is -2.17. The van der Waals surface area contributed by atoms with Gasteiger partial charge in [0.1, 0.15) is 5.03 Å². The van der Waals surface area contributed by atoms with Crippen molar-refractivity contribution in [3.8, 4) is 0 Å². The molecule has 1 unspecified atom stereocenters. The fourth-order valence-corrected chi connectivity index (χ4v) is 3.66. The quantitative estimate of drug-likeness (QED) is 0.648. The van der Waals surface area contributed by atoms with E-state index in [9.17, 15) is 0 Å². The van der Waals surface area contributed by atoms with Gasteiger partial charge in [-0.25, -0.2) is 4.98 Å². The minimum Gasteiger partial charge on any atom is -0.249 e. The van der Waals surface area contributed by atoms with Crippen LogP contribution in [0.2, 0.25) is 0 Å². The standard InChI is InChI=1S/C11H16BrNS2/c1-8(2)9(6-14)7-15-11-10(12)4-3-5-13-11/h3-5,8-9,14H,6-7H2,1-2H3. The van der Waals surface area contributed by atoms with E-state index in [0.717, 1.165) is 21.0 Å². The first-order valence-corrected chi connectivity index (χ1v) is 7.40. The summed E-state index contributed by atoms with van der Waals surface area (Å²) < 4.78 is 1.08. The van der Waals surface area contributed by atoms with Crippen molar-refractivity contribution in [2.75, 3.05) is 11.5 Å². The van der Waals surface area contributed by atoms with Crippen molar-refractivity contribution in [2.45, 2.75) is 18.9 Å². The van der Waals surface area contributed by atoms with Gasteiger partial charge in [0, 0.05) is 16.4 Å². The van der Waals surface area contributed by atoms with Crippen LogP contribution in [0.25, 0.3) is 0 Å². The van der Waals surface area contributed by atoms with Crippen molar-refractivity contribution in [1.82, 2.24) is 4.98 Å². The Bertz CT molecular complexity index is 304. The molecule has 0 aliphatic heterocycles. The molecule has 0 N–H and O–H groups in total. The lowest BCUT2D eigenvalue weighted by molar-refractivity contribution is 0.473. The highest BCUT2D eigenvalue weighted by Gasteiger charge is 2.13. The van der Waals surface area contributed by atoms with E-state index in [1.807, 2.05) is 18.3 Å². The molecule has 0 bridgehead atoms. The zero-order valence-corrected chi connectivity index (χ0v) is 12.3. The summed E-state index contributed by atoms with van der Waals surface area (Å²) in [7, 11) is 0. The Labute approximate surface area is 110 Å². The summed E-state index contributed by atoms with van der Waals surface area (Å²) in [4.78, 5) is 4.34. The molecule has 1 aromatic rings. The monoisotopic (exact) mass is 305 g/mol. The third kappa shape index (κ3) is 4.37. The maximum atomic E-state index is 4.38. The lowest BCUT2D eigenvalue weighted by Crippen LogP contribution is -2.13. The van der Waals surface area contributed by atoms with Crippen LogP contribution in [0.3, 0.4) is 0 Å². The summed E-state index contributed by atoms with van der Waals surface area (Å²) >= 11 is 9.69. The van der Waals surface area contributed by atoms with Gasteiger partial charge in [-0.05, 0) is 45.7 Å². The molecule has 0 saturated carbocycles. The third-order valence-electron chi connectivity index (χ3n) is 2.34. The molecular weight excluding hydrogens is 290 g/mol. The van der Waals surface area contributed by atoms with Crippen molar-refractivity contribution < 1.29 is 0 Å². The lowest BCUT2D eigenvalue weighted by atomic mass is 10.0. The SMILES string of the molecule is CC(C)C(CS)CSc1ncccc1Br. The second-order valence-corrected chi connectivity index (χ2v) is 6.02. The van der Waals surface area contributed by atoms with E-state index in [2.05, 4.69) is 47.4 Å². The molecule has 0 aromatic carbocycles. The van der Waals surface area contributed by atoms with Gasteiger partial charge < -0.3 is 0 Å². The topological polar surface area (TPSA) is 12.9 Å². The van der Waals surface area contributed by atoms with Crippen LogP contribution in [-0.2, 0) is 0 Å². The fourth-order valence-electron chi connectivity index (χ4n) is 1.12.